The molecule has 0 fully saturated rings. The second-order valence-electron chi connectivity index (χ2n) is 4.80. The zero-order valence-electron chi connectivity index (χ0n) is 12.7. The first kappa shape index (κ1) is 15.2. The van der Waals surface area contributed by atoms with Crippen LogP contribution in [-0.4, -0.2) is 28.8 Å². The number of nitrogens with zero attached hydrogens (tertiary/aromatic N) is 2. The van der Waals surface area contributed by atoms with Crippen molar-refractivity contribution in [2.75, 3.05) is 12.4 Å². The van der Waals surface area contributed by atoms with Crippen LogP contribution >= 0.6 is 11.3 Å². The third kappa shape index (κ3) is 2.83. The number of thiophene rings is 1. The van der Waals surface area contributed by atoms with Crippen LogP contribution in [0.3, 0.4) is 0 Å². The van der Waals surface area contributed by atoms with Gasteiger partial charge in [-0.3, -0.25) is 9.48 Å². The average Bonchev–Trinajstić information content (AvgIpc) is 3.18. The van der Waals surface area contributed by atoms with Crippen LogP contribution in [0.25, 0.3) is 10.1 Å². The number of ether oxygens (including phenoxy) is 1. The molecule has 0 aliphatic heterocycles. The van der Waals surface area contributed by atoms with Gasteiger partial charge in [0.1, 0.15) is 10.6 Å². The van der Waals surface area contributed by atoms with Crippen LogP contribution in [-0.2, 0) is 11.3 Å². The molecule has 6 nitrogen and oxygen atoms in total. The monoisotopic (exact) mass is 329 g/mol. The number of aromatic nitrogens is 2. The van der Waals surface area contributed by atoms with Crippen molar-refractivity contribution in [3.05, 3.63) is 47.8 Å². The number of methoxy groups -OCH3 is 1. The van der Waals surface area contributed by atoms with Crippen molar-refractivity contribution in [2.45, 2.75) is 13.5 Å². The van der Waals surface area contributed by atoms with Crippen LogP contribution in [0.5, 0.6) is 0 Å². The van der Waals surface area contributed by atoms with E-state index < -0.39 is 5.97 Å². The highest BCUT2D eigenvalue weighted by molar-refractivity contribution is 7.23. The quantitative estimate of drug-likeness (QED) is 0.746. The van der Waals surface area contributed by atoms with Gasteiger partial charge in [0.25, 0.3) is 5.91 Å². The fourth-order valence-corrected chi connectivity index (χ4v) is 3.35. The lowest BCUT2D eigenvalue weighted by Crippen LogP contribution is -2.15. The third-order valence-corrected chi connectivity index (χ3v) is 4.50. The van der Waals surface area contributed by atoms with Gasteiger partial charge in [-0.05, 0) is 19.1 Å². The van der Waals surface area contributed by atoms with E-state index in [0.29, 0.717) is 22.8 Å². The first-order valence-corrected chi connectivity index (χ1v) is 7.90. The number of hydrogen-bond donors (Lipinski definition) is 1. The Morgan fingerprint density at radius 3 is 2.78 bits per heavy atom. The van der Waals surface area contributed by atoms with Crippen molar-refractivity contribution in [1.29, 1.82) is 0 Å². The Hall–Kier alpha value is -2.67. The number of benzene rings is 1. The van der Waals surface area contributed by atoms with E-state index >= 15 is 0 Å². The Bertz CT molecular complexity index is 882. The molecule has 0 atom stereocenters. The normalized spacial score (nSPS) is 10.7. The molecule has 7 heteroatoms. The lowest BCUT2D eigenvalue weighted by atomic mass is 10.1. The molecule has 0 saturated heterocycles. The number of fused-ring (bicyclic) bond motifs is 1. The molecule has 0 unspecified atom stereocenters. The van der Waals surface area contributed by atoms with Crippen LogP contribution < -0.4 is 5.32 Å². The number of amides is 1. The predicted molar refractivity (Wildman–Crippen MR) is 89.0 cm³/mol. The molecule has 118 valence electrons. The molecule has 1 amide bonds. The average molecular weight is 329 g/mol. The summed E-state index contributed by atoms with van der Waals surface area (Å²) in [5.74, 6) is -0.828. The summed E-state index contributed by atoms with van der Waals surface area (Å²) in [5.41, 5.74) is 0.677. The van der Waals surface area contributed by atoms with Crippen LogP contribution in [0.15, 0.2) is 36.5 Å². The molecule has 2 heterocycles. The molecule has 1 aromatic carbocycles. The van der Waals surface area contributed by atoms with Gasteiger partial charge in [0.05, 0.1) is 7.11 Å². The second kappa shape index (κ2) is 6.21. The van der Waals surface area contributed by atoms with Crippen LogP contribution in [0.4, 0.5) is 5.00 Å². The number of nitrogens with one attached hydrogen (secondary N) is 1. The topological polar surface area (TPSA) is 73.2 Å². The van der Waals surface area contributed by atoms with Crippen molar-refractivity contribution in [3.63, 3.8) is 0 Å². The Kier molecular flexibility index (Phi) is 4.12. The van der Waals surface area contributed by atoms with E-state index in [0.717, 1.165) is 10.1 Å². The first-order chi connectivity index (χ1) is 11.1. The maximum Gasteiger partial charge on any atom is 0.341 e. The van der Waals surface area contributed by atoms with Crippen LogP contribution in [0.1, 0.15) is 27.8 Å². The van der Waals surface area contributed by atoms with Gasteiger partial charge in [0.15, 0.2) is 5.69 Å². The summed E-state index contributed by atoms with van der Waals surface area (Å²) in [4.78, 5) is 24.4. The number of aryl methyl sites for hydroxylation is 1. The summed E-state index contributed by atoms with van der Waals surface area (Å²) in [7, 11) is 1.32. The lowest BCUT2D eigenvalue weighted by Gasteiger charge is -2.04. The van der Waals surface area contributed by atoms with Gasteiger partial charge in [-0.2, -0.15) is 5.10 Å². The van der Waals surface area contributed by atoms with Gasteiger partial charge >= 0.3 is 5.97 Å². The minimum atomic E-state index is -0.475. The van der Waals surface area contributed by atoms with Gasteiger partial charge in [-0.25, -0.2) is 4.79 Å². The van der Waals surface area contributed by atoms with E-state index in [4.69, 9.17) is 4.74 Å². The summed E-state index contributed by atoms with van der Waals surface area (Å²) < 4.78 is 7.42. The van der Waals surface area contributed by atoms with E-state index in [1.807, 2.05) is 31.2 Å². The standard InChI is InChI=1S/C16H15N3O3S/c1-3-19-9-8-11(18-19)14(20)17-15-13(16(21)22-2)10-6-4-5-7-12(10)23-15/h4-9H,3H2,1-2H3,(H,17,20). The van der Waals surface area contributed by atoms with Gasteiger partial charge in [-0.15, -0.1) is 11.3 Å². The number of anilines is 1. The molecule has 2 aromatic heterocycles. The molecule has 0 aliphatic rings. The zero-order valence-corrected chi connectivity index (χ0v) is 13.5. The summed E-state index contributed by atoms with van der Waals surface area (Å²) in [6, 6.07) is 9.10. The van der Waals surface area contributed by atoms with Gasteiger partial charge in [0.2, 0.25) is 0 Å². The van der Waals surface area contributed by atoms with E-state index in [2.05, 4.69) is 10.4 Å². The Morgan fingerprint density at radius 1 is 1.30 bits per heavy atom. The first-order valence-electron chi connectivity index (χ1n) is 7.08. The minimum Gasteiger partial charge on any atom is -0.465 e. The predicted octanol–water partition coefficient (Wildman–Crippen LogP) is 3.16. The van der Waals surface area contributed by atoms with E-state index in [1.54, 1.807) is 16.9 Å². The Labute approximate surface area is 136 Å². The van der Waals surface area contributed by atoms with Crippen molar-refractivity contribution in [3.8, 4) is 0 Å². The molecule has 3 aromatic rings. The minimum absolute atomic E-state index is 0.306. The van der Waals surface area contributed by atoms with E-state index in [-0.39, 0.29) is 5.91 Å². The molecule has 3 rings (SSSR count). The molecule has 0 bridgehead atoms. The maximum absolute atomic E-state index is 12.4. The summed E-state index contributed by atoms with van der Waals surface area (Å²) in [6.07, 6.45) is 1.74. The SMILES string of the molecule is CCn1ccc(C(=O)Nc2sc3ccccc3c2C(=O)OC)n1. The lowest BCUT2D eigenvalue weighted by molar-refractivity contribution is 0.0604. The molecule has 0 spiro atoms. The fourth-order valence-electron chi connectivity index (χ4n) is 2.26. The van der Waals surface area contributed by atoms with Crippen molar-refractivity contribution in [2.24, 2.45) is 0 Å². The smallest absolute Gasteiger partial charge is 0.341 e. The van der Waals surface area contributed by atoms with Crippen molar-refractivity contribution < 1.29 is 14.3 Å². The largest absolute Gasteiger partial charge is 0.465 e. The van der Waals surface area contributed by atoms with Crippen molar-refractivity contribution >= 4 is 38.3 Å². The van der Waals surface area contributed by atoms with Crippen molar-refractivity contribution in [1.82, 2.24) is 9.78 Å². The second-order valence-corrected chi connectivity index (χ2v) is 5.86. The number of rotatable bonds is 4. The highest BCUT2D eigenvalue weighted by Crippen LogP contribution is 2.36. The number of esters is 1. The molecular weight excluding hydrogens is 314 g/mol. The zero-order chi connectivity index (χ0) is 16.4. The molecule has 0 saturated carbocycles. The van der Waals surface area contributed by atoms with E-state index in [1.165, 1.54) is 18.4 Å². The molecule has 1 N–H and O–H groups in total. The summed E-state index contributed by atoms with van der Waals surface area (Å²) in [5, 5.41) is 8.17. The molecule has 23 heavy (non-hydrogen) atoms. The maximum atomic E-state index is 12.4. The molecule has 0 radical (unpaired) electrons. The number of carbonyl (C=O) groups is 2. The summed E-state index contributed by atoms with van der Waals surface area (Å²) in [6.45, 7) is 2.62. The Morgan fingerprint density at radius 2 is 2.09 bits per heavy atom. The van der Waals surface area contributed by atoms with Gasteiger partial charge in [-0.1, -0.05) is 18.2 Å². The molecule has 0 aliphatic carbocycles. The Balaban J connectivity index is 1.98. The van der Waals surface area contributed by atoms with Gasteiger partial charge < -0.3 is 10.1 Å². The number of carbonyl (C=O) groups excluding carboxylic acids is 2. The summed E-state index contributed by atoms with van der Waals surface area (Å²) >= 11 is 1.34. The molecular formula is C16H15N3O3S. The number of hydrogen-bond acceptors (Lipinski definition) is 5. The van der Waals surface area contributed by atoms with Crippen LogP contribution in [0, 0.1) is 0 Å². The fraction of sp³-hybridized carbons (Fsp3) is 0.188. The van der Waals surface area contributed by atoms with Gasteiger partial charge in [0, 0.05) is 22.8 Å². The van der Waals surface area contributed by atoms with Crippen LogP contribution in [0.2, 0.25) is 0 Å². The highest BCUT2D eigenvalue weighted by atomic mass is 32.1. The van der Waals surface area contributed by atoms with E-state index in [9.17, 15) is 9.59 Å². The highest BCUT2D eigenvalue weighted by Gasteiger charge is 2.22. The third-order valence-electron chi connectivity index (χ3n) is 3.41.